The molecule has 0 amide bonds. The largest absolute Gasteiger partial charge is 0.396 e. The van der Waals surface area contributed by atoms with Gasteiger partial charge in [-0.25, -0.2) is 0 Å². The Balaban J connectivity index is 3.32. The Hall–Kier alpha value is -0.0800. The van der Waals surface area contributed by atoms with Crippen LogP contribution >= 0.6 is 0 Å². The minimum atomic E-state index is 0.259. The monoisotopic (exact) mass is 132 g/mol. The average molecular weight is 132 g/mol. The van der Waals surface area contributed by atoms with Gasteiger partial charge in [-0.15, -0.1) is 0 Å². The van der Waals surface area contributed by atoms with Crippen LogP contribution in [-0.4, -0.2) is 24.9 Å². The topological polar surface area (TPSA) is 29.5 Å². The summed E-state index contributed by atoms with van der Waals surface area (Å²) in [6, 6.07) is 0. The lowest BCUT2D eigenvalue weighted by Gasteiger charge is -2.16. The van der Waals surface area contributed by atoms with Crippen molar-refractivity contribution < 1.29 is 9.84 Å². The van der Waals surface area contributed by atoms with Gasteiger partial charge < -0.3 is 9.84 Å². The van der Waals surface area contributed by atoms with Crippen molar-refractivity contribution in [2.24, 2.45) is 5.92 Å². The molecule has 0 fully saturated rings. The molecule has 0 heterocycles. The van der Waals surface area contributed by atoms with E-state index in [9.17, 15) is 0 Å². The lowest BCUT2D eigenvalue weighted by Crippen LogP contribution is -2.17. The second-order valence-corrected chi connectivity index (χ2v) is 2.43. The number of aliphatic hydroxyl groups is 1. The highest BCUT2D eigenvalue weighted by Gasteiger charge is 2.08. The predicted molar refractivity (Wildman–Crippen MR) is 37.3 cm³/mol. The van der Waals surface area contributed by atoms with Gasteiger partial charge in [-0.1, -0.05) is 6.92 Å². The molecule has 0 radical (unpaired) electrons. The van der Waals surface area contributed by atoms with Crippen molar-refractivity contribution in [2.45, 2.75) is 26.4 Å². The van der Waals surface area contributed by atoms with Crippen LogP contribution in [-0.2, 0) is 4.74 Å². The van der Waals surface area contributed by atoms with E-state index in [2.05, 4.69) is 6.92 Å². The number of aliphatic hydroxyl groups excluding tert-OH is 1. The molecule has 56 valence electrons. The van der Waals surface area contributed by atoms with Crippen LogP contribution in [0, 0.1) is 5.92 Å². The summed E-state index contributed by atoms with van der Waals surface area (Å²) < 4.78 is 5.05. The zero-order chi connectivity index (χ0) is 7.28. The average Bonchev–Trinajstić information content (AvgIpc) is 1.87. The van der Waals surface area contributed by atoms with Crippen LogP contribution in [0.5, 0.6) is 0 Å². The van der Waals surface area contributed by atoms with Crippen molar-refractivity contribution in [2.75, 3.05) is 13.7 Å². The van der Waals surface area contributed by atoms with Gasteiger partial charge in [-0.05, 0) is 19.3 Å². The number of hydrogen-bond donors (Lipinski definition) is 1. The molecular formula is C7H16O2. The molecule has 2 atom stereocenters. The maximum Gasteiger partial charge on any atom is 0.0569 e. The van der Waals surface area contributed by atoms with Gasteiger partial charge in [0.2, 0.25) is 0 Å². The van der Waals surface area contributed by atoms with Crippen molar-refractivity contribution in [1.82, 2.24) is 0 Å². The SMILES string of the molecule is COC(C)C(C)CCO. The van der Waals surface area contributed by atoms with Crippen LogP contribution < -0.4 is 0 Å². The second-order valence-electron chi connectivity index (χ2n) is 2.43. The summed E-state index contributed by atoms with van der Waals surface area (Å²) in [6.07, 6.45) is 1.09. The Morgan fingerprint density at radius 3 is 2.33 bits per heavy atom. The van der Waals surface area contributed by atoms with Gasteiger partial charge in [-0.3, -0.25) is 0 Å². The van der Waals surface area contributed by atoms with Crippen molar-refractivity contribution >= 4 is 0 Å². The standard InChI is InChI=1S/C7H16O2/c1-6(4-5-8)7(2)9-3/h6-8H,4-5H2,1-3H3. The first-order chi connectivity index (χ1) is 4.22. The fourth-order valence-corrected chi connectivity index (χ4v) is 0.671. The zero-order valence-electron chi connectivity index (χ0n) is 6.42. The van der Waals surface area contributed by atoms with Crippen LogP contribution in [0.25, 0.3) is 0 Å². The van der Waals surface area contributed by atoms with E-state index in [1.54, 1.807) is 7.11 Å². The Kier molecular flexibility index (Phi) is 4.72. The van der Waals surface area contributed by atoms with Gasteiger partial charge in [0.05, 0.1) is 6.10 Å². The molecule has 0 aromatic rings. The second kappa shape index (κ2) is 4.77. The van der Waals surface area contributed by atoms with Gasteiger partial charge >= 0.3 is 0 Å². The lowest BCUT2D eigenvalue weighted by atomic mass is 10.0. The van der Waals surface area contributed by atoms with Crippen molar-refractivity contribution in [3.05, 3.63) is 0 Å². The van der Waals surface area contributed by atoms with Gasteiger partial charge in [0, 0.05) is 13.7 Å². The molecule has 2 heteroatoms. The molecule has 0 aliphatic rings. The quantitative estimate of drug-likeness (QED) is 0.619. The number of methoxy groups -OCH3 is 1. The molecule has 0 aliphatic heterocycles. The highest BCUT2D eigenvalue weighted by molar-refractivity contribution is 4.58. The molecule has 0 rings (SSSR count). The maximum absolute atomic E-state index is 8.53. The molecule has 2 nitrogen and oxygen atoms in total. The minimum Gasteiger partial charge on any atom is -0.396 e. The molecule has 0 aliphatic carbocycles. The van der Waals surface area contributed by atoms with E-state index in [1.807, 2.05) is 6.92 Å². The Morgan fingerprint density at radius 2 is 2.00 bits per heavy atom. The molecule has 1 N–H and O–H groups in total. The van der Waals surface area contributed by atoms with Crippen molar-refractivity contribution in [1.29, 1.82) is 0 Å². The lowest BCUT2D eigenvalue weighted by molar-refractivity contribution is 0.0625. The number of rotatable bonds is 4. The number of hydrogen-bond acceptors (Lipinski definition) is 2. The summed E-state index contributed by atoms with van der Waals surface area (Å²) in [5.74, 6) is 0.458. The van der Waals surface area contributed by atoms with Gasteiger partial charge in [0.15, 0.2) is 0 Å². The molecule has 9 heavy (non-hydrogen) atoms. The van der Waals surface area contributed by atoms with Crippen LogP contribution in [0.3, 0.4) is 0 Å². The summed E-state index contributed by atoms with van der Waals surface area (Å²) in [5, 5.41) is 8.53. The van der Waals surface area contributed by atoms with Crippen LogP contribution in [0.2, 0.25) is 0 Å². The predicted octanol–water partition coefficient (Wildman–Crippen LogP) is 1.04. The third kappa shape index (κ3) is 3.49. The van der Waals surface area contributed by atoms with Gasteiger partial charge in [-0.2, -0.15) is 0 Å². The van der Waals surface area contributed by atoms with E-state index in [1.165, 1.54) is 0 Å². The summed E-state index contributed by atoms with van der Waals surface area (Å²) in [6.45, 7) is 4.35. The first kappa shape index (κ1) is 8.92. The van der Waals surface area contributed by atoms with E-state index in [4.69, 9.17) is 9.84 Å². The van der Waals surface area contributed by atoms with E-state index >= 15 is 0 Å². The Labute approximate surface area is 56.8 Å². The number of ether oxygens (including phenoxy) is 1. The highest BCUT2D eigenvalue weighted by atomic mass is 16.5. The van der Waals surface area contributed by atoms with E-state index in [-0.39, 0.29) is 12.7 Å². The summed E-state index contributed by atoms with van der Waals surface area (Å²) >= 11 is 0. The molecule has 2 unspecified atom stereocenters. The first-order valence-corrected chi connectivity index (χ1v) is 3.36. The molecule has 0 spiro atoms. The summed E-state index contributed by atoms with van der Waals surface area (Å²) in [4.78, 5) is 0. The molecule has 0 aromatic heterocycles. The van der Waals surface area contributed by atoms with E-state index < -0.39 is 0 Å². The first-order valence-electron chi connectivity index (χ1n) is 3.36. The molecule has 0 bridgehead atoms. The van der Waals surface area contributed by atoms with Crippen molar-refractivity contribution in [3.8, 4) is 0 Å². The fourth-order valence-electron chi connectivity index (χ4n) is 0.671. The molecule has 0 aromatic carbocycles. The van der Waals surface area contributed by atoms with Crippen LogP contribution in [0.15, 0.2) is 0 Å². The third-order valence-electron chi connectivity index (χ3n) is 1.76. The minimum absolute atomic E-state index is 0.259. The third-order valence-corrected chi connectivity index (χ3v) is 1.76. The molecule has 0 saturated carbocycles. The molecular weight excluding hydrogens is 116 g/mol. The smallest absolute Gasteiger partial charge is 0.0569 e. The van der Waals surface area contributed by atoms with E-state index in [0.29, 0.717) is 5.92 Å². The summed E-state index contributed by atoms with van der Waals surface area (Å²) in [5.41, 5.74) is 0. The van der Waals surface area contributed by atoms with Crippen LogP contribution in [0.4, 0.5) is 0 Å². The normalized spacial score (nSPS) is 17.3. The Bertz CT molecular complexity index is 63.9. The van der Waals surface area contributed by atoms with Gasteiger partial charge in [0.25, 0.3) is 0 Å². The Morgan fingerprint density at radius 1 is 1.44 bits per heavy atom. The molecule has 0 saturated heterocycles. The van der Waals surface area contributed by atoms with Crippen molar-refractivity contribution in [3.63, 3.8) is 0 Å². The summed E-state index contributed by atoms with van der Waals surface area (Å²) in [7, 11) is 1.69. The fraction of sp³-hybridized carbons (Fsp3) is 1.00. The highest BCUT2D eigenvalue weighted by Crippen LogP contribution is 2.08. The van der Waals surface area contributed by atoms with E-state index in [0.717, 1.165) is 6.42 Å². The zero-order valence-corrected chi connectivity index (χ0v) is 6.42. The van der Waals surface area contributed by atoms with Gasteiger partial charge in [0.1, 0.15) is 0 Å². The van der Waals surface area contributed by atoms with Crippen LogP contribution in [0.1, 0.15) is 20.3 Å². The maximum atomic E-state index is 8.53.